The molecule has 1 fully saturated rings. The summed E-state index contributed by atoms with van der Waals surface area (Å²) in [5.74, 6) is 1.30. The van der Waals surface area contributed by atoms with Crippen molar-refractivity contribution >= 4 is 12.0 Å². The molecule has 0 bridgehead atoms. The van der Waals surface area contributed by atoms with E-state index >= 15 is 0 Å². The van der Waals surface area contributed by atoms with E-state index in [9.17, 15) is 9.59 Å². The molecule has 2 aromatic carbocycles. The first-order valence-electron chi connectivity index (χ1n) is 11.2. The summed E-state index contributed by atoms with van der Waals surface area (Å²) in [4.78, 5) is 24.8. The van der Waals surface area contributed by atoms with Gasteiger partial charge in [-0.3, -0.25) is 4.79 Å². The van der Waals surface area contributed by atoms with Gasteiger partial charge in [-0.25, -0.2) is 4.79 Å². The van der Waals surface area contributed by atoms with Crippen molar-refractivity contribution in [1.29, 1.82) is 0 Å². The lowest BCUT2D eigenvalue weighted by Crippen LogP contribution is -2.48. The van der Waals surface area contributed by atoms with Crippen LogP contribution in [0.4, 0.5) is 4.79 Å². The summed E-state index contributed by atoms with van der Waals surface area (Å²) >= 11 is 0. The number of hydrogen-bond acceptors (Lipinski definition) is 5. The van der Waals surface area contributed by atoms with E-state index in [1.807, 2.05) is 36.4 Å². The third-order valence-corrected chi connectivity index (χ3v) is 6.26. The maximum Gasteiger partial charge on any atom is 0.408 e. The molecular formula is C25H30N2O5. The van der Waals surface area contributed by atoms with Gasteiger partial charge in [0, 0.05) is 12.0 Å². The Bertz CT molecular complexity index is 941. The predicted molar refractivity (Wildman–Crippen MR) is 120 cm³/mol. The summed E-state index contributed by atoms with van der Waals surface area (Å²) < 4.78 is 16.6. The minimum atomic E-state index is -0.697. The molecule has 1 atom stereocenters. The van der Waals surface area contributed by atoms with E-state index < -0.39 is 12.1 Å². The Balaban J connectivity index is 1.32. The monoisotopic (exact) mass is 438 g/mol. The van der Waals surface area contributed by atoms with Crippen molar-refractivity contribution in [1.82, 2.24) is 10.6 Å². The molecule has 2 aliphatic rings. The molecule has 2 aromatic rings. The van der Waals surface area contributed by atoms with Crippen LogP contribution >= 0.6 is 0 Å². The molecule has 0 spiro atoms. The van der Waals surface area contributed by atoms with Gasteiger partial charge in [0.05, 0.1) is 0 Å². The minimum absolute atomic E-state index is 0.140. The molecule has 2 amide bonds. The Morgan fingerprint density at radius 1 is 1.03 bits per heavy atom. The van der Waals surface area contributed by atoms with Gasteiger partial charge in [0.15, 0.2) is 11.5 Å². The van der Waals surface area contributed by atoms with Crippen LogP contribution in [0.5, 0.6) is 11.5 Å². The van der Waals surface area contributed by atoms with Crippen molar-refractivity contribution in [2.24, 2.45) is 0 Å². The number of carbonyl (C=O) groups excluding carboxylic acids is 2. The molecule has 2 N–H and O–H groups in total. The molecule has 32 heavy (non-hydrogen) atoms. The Kier molecular flexibility index (Phi) is 6.83. The van der Waals surface area contributed by atoms with Crippen LogP contribution in [0.2, 0.25) is 0 Å². The van der Waals surface area contributed by atoms with Crippen LogP contribution in [0.25, 0.3) is 0 Å². The highest BCUT2D eigenvalue weighted by molar-refractivity contribution is 5.85. The first-order chi connectivity index (χ1) is 15.6. The summed E-state index contributed by atoms with van der Waals surface area (Å²) in [7, 11) is 0. The highest BCUT2D eigenvalue weighted by Gasteiger charge is 2.37. The van der Waals surface area contributed by atoms with Crippen molar-refractivity contribution in [2.75, 3.05) is 19.8 Å². The zero-order valence-electron chi connectivity index (χ0n) is 18.4. The van der Waals surface area contributed by atoms with Gasteiger partial charge < -0.3 is 24.8 Å². The number of alkyl carbamates (subject to hydrolysis) is 1. The van der Waals surface area contributed by atoms with E-state index in [0.717, 1.165) is 48.3 Å². The third-order valence-electron chi connectivity index (χ3n) is 6.26. The Labute approximate surface area is 188 Å². The number of carbonyl (C=O) groups is 2. The maximum absolute atomic E-state index is 12.7. The molecule has 4 rings (SSSR count). The minimum Gasteiger partial charge on any atom is -0.486 e. The molecule has 1 saturated carbocycles. The quantitative estimate of drug-likeness (QED) is 0.689. The van der Waals surface area contributed by atoms with Crippen molar-refractivity contribution in [3.05, 3.63) is 59.7 Å². The van der Waals surface area contributed by atoms with E-state index in [4.69, 9.17) is 14.2 Å². The molecule has 0 radical (unpaired) electrons. The molecule has 170 valence electrons. The van der Waals surface area contributed by atoms with Gasteiger partial charge in [-0.1, -0.05) is 49.2 Å². The molecule has 1 aliphatic heterocycles. The van der Waals surface area contributed by atoms with Crippen LogP contribution in [-0.2, 0) is 21.6 Å². The largest absolute Gasteiger partial charge is 0.486 e. The highest BCUT2D eigenvalue weighted by atomic mass is 16.6. The Morgan fingerprint density at radius 3 is 2.50 bits per heavy atom. The summed E-state index contributed by atoms with van der Waals surface area (Å²) in [6, 6.07) is 14.8. The molecule has 1 aliphatic carbocycles. The summed E-state index contributed by atoms with van der Waals surface area (Å²) in [5.41, 5.74) is 1.91. The van der Waals surface area contributed by atoms with Gasteiger partial charge in [0.2, 0.25) is 5.91 Å². The molecule has 7 nitrogen and oxygen atoms in total. The van der Waals surface area contributed by atoms with E-state index in [2.05, 4.69) is 22.8 Å². The SMILES string of the molecule is CC(NC(=O)OCc1ccccc1)C(=O)NCC1(c2ccc3c(c2)OCCO3)CCCC1. The summed E-state index contributed by atoms with van der Waals surface area (Å²) in [6.45, 7) is 3.44. The van der Waals surface area contributed by atoms with Crippen molar-refractivity contribution < 1.29 is 23.8 Å². The van der Waals surface area contributed by atoms with Gasteiger partial charge in [-0.15, -0.1) is 0 Å². The Hall–Kier alpha value is -3.22. The van der Waals surface area contributed by atoms with E-state index in [0.29, 0.717) is 19.8 Å². The number of fused-ring (bicyclic) bond motifs is 1. The van der Waals surface area contributed by atoms with Gasteiger partial charge in [0.25, 0.3) is 0 Å². The zero-order chi connectivity index (χ0) is 22.4. The normalized spacial score (nSPS) is 17.3. The van der Waals surface area contributed by atoms with Crippen molar-refractivity contribution in [2.45, 2.75) is 50.7 Å². The number of rotatable bonds is 7. The molecular weight excluding hydrogens is 408 g/mol. The van der Waals surface area contributed by atoms with Crippen LogP contribution in [0.3, 0.4) is 0 Å². The second-order valence-electron chi connectivity index (χ2n) is 8.49. The van der Waals surface area contributed by atoms with Gasteiger partial charge in [0.1, 0.15) is 25.9 Å². The van der Waals surface area contributed by atoms with Crippen LogP contribution < -0.4 is 20.1 Å². The molecule has 7 heteroatoms. The number of amides is 2. The summed E-state index contributed by atoms with van der Waals surface area (Å²) in [5, 5.41) is 5.65. The van der Waals surface area contributed by atoms with Gasteiger partial charge >= 0.3 is 6.09 Å². The smallest absolute Gasteiger partial charge is 0.408 e. The number of nitrogens with one attached hydrogen (secondary N) is 2. The van der Waals surface area contributed by atoms with E-state index in [1.54, 1.807) is 6.92 Å². The lowest BCUT2D eigenvalue weighted by molar-refractivity contribution is -0.122. The predicted octanol–water partition coefficient (Wildman–Crippen LogP) is 3.70. The third kappa shape index (κ3) is 5.15. The molecule has 0 saturated heterocycles. The average molecular weight is 439 g/mol. The lowest BCUT2D eigenvalue weighted by atomic mass is 9.78. The van der Waals surface area contributed by atoms with Gasteiger partial charge in [-0.05, 0) is 43.0 Å². The highest BCUT2D eigenvalue weighted by Crippen LogP contribution is 2.43. The molecule has 1 heterocycles. The Morgan fingerprint density at radius 2 is 1.75 bits per heavy atom. The van der Waals surface area contributed by atoms with Crippen molar-refractivity contribution in [3.8, 4) is 11.5 Å². The van der Waals surface area contributed by atoms with Crippen LogP contribution in [0, 0.1) is 0 Å². The second-order valence-corrected chi connectivity index (χ2v) is 8.49. The fourth-order valence-corrected chi connectivity index (χ4v) is 4.41. The van der Waals surface area contributed by atoms with E-state index in [1.165, 1.54) is 0 Å². The van der Waals surface area contributed by atoms with E-state index in [-0.39, 0.29) is 17.9 Å². The maximum atomic E-state index is 12.7. The lowest BCUT2D eigenvalue weighted by Gasteiger charge is -2.31. The van der Waals surface area contributed by atoms with Crippen molar-refractivity contribution in [3.63, 3.8) is 0 Å². The molecule has 1 unspecified atom stereocenters. The summed E-state index contributed by atoms with van der Waals surface area (Å²) in [6.07, 6.45) is 3.61. The topological polar surface area (TPSA) is 85.9 Å². The van der Waals surface area contributed by atoms with Crippen LogP contribution in [0.1, 0.15) is 43.7 Å². The first kappa shape index (κ1) is 22.0. The van der Waals surface area contributed by atoms with Crippen LogP contribution in [0.15, 0.2) is 48.5 Å². The zero-order valence-corrected chi connectivity index (χ0v) is 18.4. The second kappa shape index (κ2) is 9.94. The number of hydrogen-bond donors (Lipinski definition) is 2. The average Bonchev–Trinajstić information content (AvgIpc) is 3.32. The van der Waals surface area contributed by atoms with Gasteiger partial charge in [-0.2, -0.15) is 0 Å². The fourth-order valence-electron chi connectivity index (χ4n) is 4.41. The first-order valence-corrected chi connectivity index (χ1v) is 11.2. The fraction of sp³-hybridized carbons (Fsp3) is 0.440. The molecule has 0 aromatic heterocycles. The number of benzene rings is 2. The number of ether oxygens (including phenoxy) is 3. The van der Waals surface area contributed by atoms with Crippen LogP contribution in [-0.4, -0.2) is 37.8 Å². The standard InChI is InChI=1S/C25H30N2O5/c1-18(27-24(29)32-16-19-7-3-2-4-8-19)23(28)26-17-25(11-5-6-12-25)20-9-10-21-22(15-20)31-14-13-30-21/h2-4,7-10,15,18H,5-6,11-14,16-17H2,1H3,(H,26,28)(H,27,29).